The van der Waals surface area contributed by atoms with Crippen molar-refractivity contribution in [2.45, 2.75) is 12.3 Å². The third-order valence-electron chi connectivity index (χ3n) is 3.59. The summed E-state index contributed by atoms with van der Waals surface area (Å²) in [7, 11) is 0. The average Bonchev–Trinajstić information content (AvgIpc) is 3.03. The van der Waals surface area contributed by atoms with Crippen molar-refractivity contribution < 1.29 is 29.7 Å². The molecule has 1 atom stereocenters. The first kappa shape index (κ1) is 17.2. The molecule has 8 nitrogen and oxygen atoms in total. The normalized spacial score (nSPS) is 14.1. The summed E-state index contributed by atoms with van der Waals surface area (Å²) >= 11 is 4.02. The summed E-state index contributed by atoms with van der Waals surface area (Å²) in [5.74, 6) is -5.37. The number of halogens is 1. The lowest BCUT2D eigenvalue weighted by atomic mass is 9.99. The molecule has 1 unspecified atom stereocenters. The minimum Gasteiger partial charge on any atom is -0.504 e. The van der Waals surface area contributed by atoms with Crippen LogP contribution in [0.4, 0.5) is 0 Å². The number of aliphatic carboxylic acids is 2. The SMILES string of the molecule is O=C(O)CC(C(=O)O)c1nsc(C2=c3cc(Br)ccc3=NC2=O)c1O. The van der Waals surface area contributed by atoms with E-state index in [0.717, 1.165) is 11.5 Å². The van der Waals surface area contributed by atoms with Crippen molar-refractivity contribution in [3.8, 4) is 5.75 Å². The maximum absolute atomic E-state index is 12.2. The van der Waals surface area contributed by atoms with Crippen LogP contribution in [0, 0.1) is 0 Å². The summed E-state index contributed by atoms with van der Waals surface area (Å²) in [6, 6.07) is 5.00. The molecule has 0 spiro atoms. The second-order valence-electron chi connectivity index (χ2n) is 5.19. The molecule has 0 bridgehead atoms. The number of hydrogen-bond acceptors (Lipinski definition) is 6. The number of nitrogens with zero attached hydrogens (tertiary/aromatic N) is 2. The Labute approximate surface area is 152 Å². The Hall–Kier alpha value is -2.59. The van der Waals surface area contributed by atoms with Crippen molar-refractivity contribution in [1.82, 2.24) is 4.37 Å². The number of carbonyl (C=O) groups is 3. The molecule has 3 N–H and O–H groups in total. The summed E-state index contributed by atoms with van der Waals surface area (Å²) in [4.78, 5) is 38.4. The van der Waals surface area contributed by atoms with Gasteiger partial charge in [-0.2, -0.15) is 4.37 Å². The minimum atomic E-state index is -1.52. The number of rotatable bonds is 5. The van der Waals surface area contributed by atoms with Crippen LogP contribution in [-0.4, -0.2) is 37.5 Å². The molecule has 0 aliphatic carbocycles. The molecule has 1 aromatic carbocycles. The van der Waals surface area contributed by atoms with Crippen LogP contribution in [0.2, 0.25) is 0 Å². The smallest absolute Gasteiger partial charge is 0.313 e. The Balaban J connectivity index is 2.18. The molecule has 0 radical (unpaired) electrons. The van der Waals surface area contributed by atoms with Crippen LogP contribution in [0.1, 0.15) is 22.9 Å². The second kappa shape index (κ2) is 6.37. The van der Waals surface area contributed by atoms with E-state index in [1.807, 2.05) is 0 Å². The fourth-order valence-corrected chi connectivity index (χ4v) is 3.72. The lowest BCUT2D eigenvalue weighted by molar-refractivity contribution is -0.145. The molecule has 0 fully saturated rings. The fourth-order valence-electron chi connectivity index (χ4n) is 2.47. The first-order valence-electron chi connectivity index (χ1n) is 6.86. The summed E-state index contributed by atoms with van der Waals surface area (Å²) in [5, 5.41) is 29.4. The highest BCUT2D eigenvalue weighted by atomic mass is 79.9. The van der Waals surface area contributed by atoms with E-state index < -0.39 is 35.9 Å². The van der Waals surface area contributed by atoms with E-state index >= 15 is 0 Å². The maximum Gasteiger partial charge on any atom is 0.313 e. The van der Waals surface area contributed by atoms with Gasteiger partial charge >= 0.3 is 11.9 Å². The third-order valence-corrected chi connectivity index (χ3v) is 4.95. The van der Waals surface area contributed by atoms with Crippen LogP contribution >= 0.6 is 27.5 Å². The second-order valence-corrected chi connectivity index (χ2v) is 6.88. The van der Waals surface area contributed by atoms with Gasteiger partial charge in [0.25, 0.3) is 5.91 Å². The van der Waals surface area contributed by atoms with Crippen molar-refractivity contribution in [2.24, 2.45) is 4.99 Å². The zero-order valence-corrected chi connectivity index (χ0v) is 14.7. The summed E-state index contributed by atoms with van der Waals surface area (Å²) in [6.45, 7) is 0. The van der Waals surface area contributed by atoms with E-state index in [1.54, 1.807) is 18.2 Å². The van der Waals surface area contributed by atoms with Crippen molar-refractivity contribution in [2.75, 3.05) is 0 Å². The first-order valence-corrected chi connectivity index (χ1v) is 8.42. The fraction of sp³-hybridized carbons (Fsp3) is 0.133. The van der Waals surface area contributed by atoms with Crippen LogP contribution < -0.4 is 10.6 Å². The average molecular weight is 425 g/mol. The van der Waals surface area contributed by atoms with Crippen LogP contribution in [0.3, 0.4) is 0 Å². The van der Waals surface area contributed by atoms with E-state index in [9.17, 15) is 24.6 Å². The molecular formula is C15H9BrN2O6S. The van der Waals surface area contributed by atoms with Gasteiger partial charge in [-0.15, -0.1) is 0 Å². The number of aromatic hydroxyl groups is 1. The molecule has 1 aliphatic heterocycles. The van der Waals surface area contributed by atoms with Crippen LogP contribution in [-0.2, 0) is 14.4 Å². The minimum absolute atomic E-state index is 0.0669. The maximum atomic E-state index is 12.2. The lowest BCUT2D eigenvalue weighted by Gasteiger charge is -2.07. The molecule has 3 rings (SSSR count). The number of carboxylic acids is 2. The van der Waals surface area contributed by atoms with E-state index in [0.29, 0.717) is 15.0 Å². The summed E-state index contributed by atoms with van der Waals surface area (Å²) < 4.78 is 4.59. The number of hydrogen-bond donors (Lipinski definition) is 3. The number of amides is 1. The number of carbonyl (C=O) groups excluding carboxylic acids is 1. The number of carboxylic acid groups (broad SMARTS) is 2. The largest absolute Gasteiger partial charge is 0.504 e. The quantitative estimate of drug-likeness (QED) is 0.639. The van der Waals surface area contributed by atoms with Crippen molar-refractivity contribution in [1.29, 1.82) is 0 Å². The topological polar surface area (TPSA) is 137 Å². The number of aromatic nitrogens is 1. The molecule has 1 aromatic heterocycles. The summed E-state index contributed by atoms with van der Waals surface area (Å²) in [5.41, 5.74) is -0.171. The van der Waals surface area contributed by atoms with E-state index in [-0.39, 0.29) is 16.1 Å². The Morgan fingerprint density at radius 2 is 2.00 bits per heavy atom. The van der Waals surface area contributed by atoms with Crippen molar-refractivity contribution in [3.63, 3.8) is 0 Å². The van der Waals surface area contributed by atoms with E-state index in [2.05, 4.69) is 25.3 Å². The molecule has 1 amide bonds. The van der Waals surface area contributed by atoms with Gasteiger partial charge < -0.3 is 15.3 Å². The van der Waals surface area contributed by atoms with Gasteiger partial charge in [0, 0.05) is 9.69 Å². The van der Waals surface area contributed by atoms with Gasteiger partial charge in [0.1, 0.15) is 16.5 Å². The van der Waals surface area contributed by atoms with E-state index in [1.165, 1.54) is 0 Å². The van der Waals surface area contributed by atoms with Crippen LogP contribution in [0.25, 0.3) is 5.57 Å². The highest BCUT2D eigenvalue weighted by Gasteiger charge is 2.33. The molecule has 128 valence electrons. The Morgan fingerprint density at radius 1 is 1.28 bits per heavy atom. The van der Waals surface area contributed by atoms with Gasteiger partial charge in [-0.25, -0.2) is 4.99 Å². The van der Waals surface area contributed by atoms with Gasteiger partial charge in [-0.1, -0.05) is 15.9 Å². The first-order chi connectivity index (χ1) is 11.8. The zero-order chi connectivity index (χ0) is 18.3. The molecule has 2 aromatic rings. The number of fused-ring (bicyclic) bond motifs is 1. The predicted octanol–water partition coefficient (Wildman–Crippen LogP) is 0.613. The Bertz CT molecular complexity index is 1040. The number of benzene rings is 1. The zero-order valence-electron chi connectivity index (χ0n) is 12.3. The molecule has 25 heavy (non-hydrogen) atoms. The van der Waals surface area contributed by atoms with Crippen LogP contribution in [0.15, 0.2) is 27.7 Å². The highest BCUT2D eigenvalue weighted by Crippen LogP contribution is 2.37. The Morgan fingerprint density at radius 3 is 2.64 bits per heavy atom. The lowest BCUT2D eigenvalue weighted by Crippen LogP contribution is -2.22. The van der Waals surface area contributed by atoms with Gasteiger partial charge in [-0.3, -0.25) is 14.4 Å². The highest BCUT2D eigenvalue weighted by molar-refractivity contribution is 9.10. The standard InChI is InChI=1S/C15H9BrN2O6S/c16-5-1-2-8-6(3-5)10(14(22)17-8)13-12(21)11(18-25-13)7(15(23)24)4-9(19)20/h1-3,7,21H,4H2,(H,19,20)(H,23,24). The Kier molecular flexibility index (Phi) is 4.39. The molecule has 2 heterocycles. The molecule has 0 saturated heterocycles. The molecule has 10 heteroatoms. The van der Waals surface area contributed by atoms with Crippen molar-refractivity contribution in [3.05, 3.63) is 43.8 Å². The molecule has 0 saturated carbocycles. The van der Waals surface area contributed by atoms with E-state index in [4.69, 9.17) is 5.11 Å². The van der Waals surface area contributed by atoms with Gasteiger partial charge in [0.15, 0.2) is 5.75 Å². The third kappa shape index (κ3) is 3.05. The van der Waals surface area contributed by atoms with Gasteiger partial charge in [0.2, 0.25) is 0 Å². The van der Waals surface area contributed by atoms with Crippen LogP contribution in [0.5, 0.6) is 5.75 Å². The molecule has 1 aliphatic rings. The van der Waals surface area contributed by atoms with Gasteiger partial charge in [0.05, 0.1) is 17.4 Å². The molecular weight excluding hydrogens is 416 g/mol. The summed E-state index contributed by atoms with van der Waals surface area (Å²) in [6.07, 6.45) is -0.734. The monoisotopic (exact) mass is 424 g/mol. The predicted molar refractivity (Wildman–Crippen MR) is 88.8 cm³/mol. The van der Waals surface area contributed by atoms with Crippen molar-refractivity contribution >= 4 is 50.9 Å². The van der Waals surface area contributed by atoms with Gasteiger partial charge in [-0.05, 0) is 29.7 Å².